The van der Waals surface area contributed by atoms with E-state index in [1.54, 1.807) is 18.7 Å². The highest BCUT2D eigenvalue weighted by atomic mass is 79.9. The number of benzene rings is 1. The van der Waals surface area contributed by atoms with Gasteiger partial charge in [-0.2, -0.15) is 0 Å². The third-order valence-electron chi connectivity index (χ3n) is 6.73. The van der Waals surface area contributed by atoms with Crippen LogP contribution in [0.3, 0.4) is 0 Å². The minimum atomic E-state index is -0.342. The lowest BCUT2D eigenvalue weighted by Crippen LogP contribution is -2.37. The zero-order chi connectivity index (χ0) is 19.9. The molecule has 1 aliphatic heterocycles. The van der Waals surface area contributed by atoms with Crippen LogP contribution in [0.15, 0.2) is 35.1 Å². The summed E-state index contributed by atoms with van der Waals surface area (Å²) in [5, 5.41) is 0. The van der Waals surface area contributed by atoms with Crippen LogP contribution >= 0.6 is 31.9 Å². The van der Waals surface area contributed by atoms with Crippen LogP contribution in [0.5, 0.6) is 0 Å². The van der Waals surface area contributed by atoms with Crippen molar-refractivity contribution >= 4 is 49.4 Å². The van der Waals surface area contributed by atoms with Gasteiger partial charge in [-0.15, -0.1) is 0 Å². The summed E-state index contributed by atoms with van der Waals surface area (Å²) in [4.78, 5) is 41.4. The van der Waals surface area contributed by atoms with Crippen molar-refractivity contribution in [3.63, 3.8) is 0 Å². The summed E-state index contributed by atoms with van der Waals surface area (Å²) >= 11 is 7.39. The molecule has 2 aliphatic carbocycles. The lowest BCUT2D eigenvalue weighted by molar-refractivity contribution is -0.123. The van der Waals surface area contributed by atoms with Gasteiger partial charge in [0.25, 0.3) is 5.56 Å². The van der Waals surface area contributed by atoms with Crippen molar-refractivity contribution in [1.82, 2.24) is 9.36 Å². The second-order valence-electron chi connectivity index (χ2n) is 7.93. The number of hydrogen-bond acceptors (Lipinski definition) is 3. The zero-order valence-electron chi connectivity index (χ0n) is 15.4. The van der Waals surface area contributed by atoms with Crippen molar-refractivity contribution in [2.45, 2.75) is 23.0 Å². The number of carbonyl (C=O) groups is 2. The Hall–Kier alpha value is -1.67. The molecule has 28 heavy (non-hydrogen) atoms. The molecule has 5 rings (SSSR count). The maximum atomic E-state index is 13.3. The summed E-state index contributed by atoms with van der Waals surface area (Å²) in [5.74, 6) is -0.864. The highest BCUT2D eigenvalue weighted by Gasteiger charge is 2.67. The first-order valence-corrected chi connectivity index (χ1v) is 11.2. The fraction of sp³-hybridized carbons (Fsp3) is 0.450. The molecule has 0 N–H and O–H groups in total. The molecule has 2 aromatic rings. The van der Waals surface area contributed by atoms with E-state index in [1.165, 1.54) is 9.58 Å². The van der Waals surface area contributed by atoms with E-state index < -0.39 is 0 Å². The van der Waals surface area contributed by atoms with Gasteiger partial charge < -0.3 is 0 Å². The summed E-state index contributed by atoms with van der Waals surface area (Å²) in [6.45, 7) is 1.78. The summed E-state index contributed by atoms with van der Waals surface area (Å²) in [5.41, 5.74) is 1.15. The Labute approximate surface area is 178 Å². The van der Waals surface area contributed by atoms with Gasteiger partial charge in [-0.05, 0) is 37.3 Å². The van der Waals surface area contributed by atoms with E-state index in [-0.39, 0.29) is 56.4 Å². The van der Waals surface area contributed by atoms with Gasteiger partial charge in [0.1, 0.15) is 5.69 Å². The van der Waals surface area contributed by atoms with Crippen molar-refractivity contribution < 1.29 is 9.59 Å². The number of para-hydroxylation sites is 1. The molecular weight excluding hydrogens is 490 g/mol. The molecule has 0 unspecified atom stereocenters. The molecule has 1 saturated heterocycles. The second-order valence-corrected chi connectivity index (χ2v) is 10.0. The van der Waals surface area contributed by atoms with Crippen molar-refractivity contribution in [3.8, 4) is 5.69 Å². The number of fused-ring (bicyclic) bond motifs is 5. The van der Waals surface area contributed by atoms with Crippen LogP contribution < -0.4 is 10.5 Å². The predicted molar refractivity (Wildman–Crippen MR) is 112 cm³/mol. The van der Waals surface area contributed by atoms with Gasteiger partial charge in [0, 0.05) is 16.7 Å². The van der Waals surface area contributed by atoms with Crippen molar-refractivity contribution in [2.24, 2.45) is 30.7 Å². The maximum Gasteiger partial charge on any atom is 0.296 e. The summed E-state index contributed by atoms with van der Waals surface area (Å²) in [7, 11) is 1.77. The van der Waals surface area contributed by atoms with E-state index in [0.29, 0.717) is 11.4 Å². The first-order valence-electron chi connectivity index (χ1n) is 9.34. The molecule has 2 saturated carbocycles. The quantitative estimate of drug-likeness (QED) is 0.463. The highest BCUT2D eigenvalue weighted by molar-refractivity contribution is 9.12. The molecule has 2 bridgehead atoms. The van der Waals surface area contributed by atoms with E-state index in [0.717, 1.165) is 6.42 Å². The molecule has 6 nitrogen and oxygen atoms in total. The Morgan fingerprint density at radius 1 is 0.929 bits per heavy atom. The van der Waals surface area contributed by atoms with Crippen molar-refractivity contribution in [3.05, 3.63) is 46.4 Å². The highest BCUT2D eigenvalue weighted by Crippen LogP contribution is 2.60. The van der Waals surface area contributed by atoms with E-state index in [9.17, 15) is 14.4 Å². The molecule has 3 aliphatic rings. The standard InChI is InChI=1S/C20H19Br2N3O3/c1-9-17(20(28)25(23(9)2)10-6-4-3-5-7-10)24-18(26)13-11-8-12(14(13)19(24)27)16(22)15(11)21/h3-7,11-16H,8H2,1-2H3/t11-,12-,13-,14-,15-,16+/m0/s1. The number of amides is 2. The van der Waals surface area contributed by atoms with Crippen molar-refractivity contribution in [2.75, 3.05) is 4.90 Å². The molecule has 1 aromatic heterocycles. The molecule has 1 aromatic carbocycles. The van der Waals surface area contributed by atoms with Gasteiger partial charge in [0.2, 0.25) is 11.8 Å². The van der Waals surface area contributed by atoms with Crippen LogP contribution in [0.4, 0.5) is 5.69 Å². The first kappa shape index (κ1) is 18.4. The molecule has 0 radical (unpaired) electrons. The van der Waals surface area contributed by atoms with E-state index in [2.05, 4.69) is 31.9 Å². The molecule has 6 atom stereocenters. The minimum Gasteiger partial charge on any atom is -0.283 e. The Kier molecular flexibility index (Phi) is 4.04. The SMILES string of the molecule is Cc1c(N2C(=O)[C@H]3[C@@H]4C[C@H]([C@@H](Br)[C@H]4Br)[C@@H]3C2=O)c(=O)n(-c2ccccc2)n1C. The molecule has 2 amide bonds. The third-order valence-corrected chi connectivity index (χ3v) is 9.94. The predicted octanol–water partition coefficient (Wildman–Crippen LogP) is 2.77. The number of carbonyl (C=O) groups excluding carboxylic acids is 2. The van der Waals surface area contributed by atoms with Gasteiger partial charge in [-0.1, -0.05) is 50.1 Å². The molecule has 3 fully saturated rings. The number of anilines is 1. The molecular formula is C20H19Br2N3O3. The summed E-state index contributed by atoms with van der Waals surface area (Å²) in [6.07, 6.45) is 0.870. The van der Waals surface area contributed by atoms with Crippen LogP contribution in [0, 0.1) is 30.6 Å². The van der Waals surface area contributed by atoms with E-state index in [4.69, 9.17) is 0 Å². The van der Waals surface area contributed by atoms with Crippen LogP contribution in [0.25, 0.3) is 5.69 Å². The van der Waals surface area contributed by atoms with Crippen LogP contribution in [0.2, 0.25) is 0 Å². The average molecular weight is 509 g/mol. The zero-order valence-corrected chi connectivity index (χ0v) is 18.6. The van der Waals surface area contributed by atoms with Crippen molar-refractivity contribution in [1.29, 1.82) is 0 Å². The van der Waals surface area contributed by atoms with Crippen LogP contribution in [-0.2, 0) is 16.6 Å². The average Bonchev–Trinajstić information content (AvgIpc) is 3.34. The Morgan fingerprint density at radius 2 is 1.46 bits per heavy atom. The van der Waals surface area contributed by atoms with E-state index >= 15 is 0 Å². The van der Waals surface area contributed by atoms with Crippen LogP contribution in [0.1, 0.15) is 12.1 Å². The number of imide groups is 1. The maximum absolute atomic E-state index is 13.3. The van der Waals surface area contributed by atoms with Gasteiger partial charge in [-0.3, -0.25) is 19.1 Å². The molecule has 2 heterocycles. The van der Waals surface area contributed by atoms with Gasteiger partial charge in [0.05, 0.1) is 23.2 Å². The molecule has 8 heteroatoms. The van der Waals surface area contributed by atoms with Gasteiger partial charge in [-0.25, -0.2) is 9.58 Å². The topological polar surface area (TPSA) is 64.3 Å². The molecule has 0 spiro atoms. The lowest BCUT2D eigenvalue weighted by Gasteiger charge is -2.28. The Balaban J connectivity index is 1.63. The Bertz CT molecular complexity index is 1030. The number of halogens is 2. The van der Waals surface area contributed by atoms with Gasteiger partial charge in [0.15, 0.2) is 0 Å². The number of aromatic nitrogens is 2. The van der Waals surface area contributed by atoms with Crippen LogP contribution in [-0.4, -0.2) is 30.8 Å². The number of nitrogens with zero attached hydrogens (tertiary/aromatic N) is 3. The minimum absolute atomic E-state index is 0.126. The third kappa shape index (κ3) is 2.16. The first-order chi connectivity index (χ1) is 13.3. The van der Waals surface area contributed by atoms with Gasteiger partial charge >= 0.3 is 0 Å². The molecule has 146 valence electrons. The summed E-state index contributed by atoms with van der Waals surface area (Å²) < 4.78 is 3.21. The number of alkyl halides is 2. The number of rotatable bonds is 2. The largest absolute Gasteiger partial charge is 0.296 e. The lowest BCUT2D eigenvalue weighted by atomic mass is 9.81. The number of hydrogen-bond donors (Lipinski definition) is 0. The fourth-order valence-corrected chi connectivity index (χ4v) is 7.25. The second kappa shape index (κ2) is 6.16. The smallest absolute Gasteiger partial charge is 0.283 e. The van der Waals surface area contributed by atoms with E-state index in [1.807, 2.05) is 30.3 Å². The normalized spacial score (nSPS) is 33.8. The Morgan fingerprint density at radius 3 is 2.00 bits per heavy atom. The fourth-order valence-electron chi connectivity index (χ4n) is 5.38. The monoisotopic (exact) mass is 507 g/mol. The summed E-state index contributed by atoms with van der Waals surface area (Å²) in [6, 6.07) is 9.24.